The number of nitrogens with one attached hydrogen (secondary N) is 2. The molecule has 0 bridgehead atoms. The second-order valence-corrected chi connectivity index (χ2v) is 9.11. The Labute approximate surface area is 201 Å². The summed E-state index contributed by atoms with van der Waals surface area (Å²) in [5.41, 5.74) is 1.99. The Morgan fingerprint density at radius 3 is 2.24 bits per heavy atom. The number of fused-ring (bicyclic) bond motifs is 1. The SMILES string of the molecule is COc1ccc(NC(=O)N[C@H]2CC[C@@]3(c4ccc(OC)c(OC)c4)CCN(C)[C@@H]3C2)cc1OC. The van der Waals surface area contributed by atoms with E-state index in [1.807, 2.05) is 6.07 Å². The predicted octanol–water partition coefficient (Wildman–Crippen LogP) is 4.04. The van der Waals surface area contributed by atoms with Gasteiger partial charge in [0.05, 0.1) is 28.4 Å². The van der Waals surface area contributed by atoms with Crippen LogP contribution in [0.15, 0.2) is 36.4 Å². The summed E-state index contributed by atoms with van der Waals surface area (Å²) in [5.74, 6) is 2.70. The first-order chi connectivity index (χ1) is 16.4. The molecule has 34 heavy (non-hydrogen) atoms. The Morgan fingerprint density at radius 1 is 0.912 bits per heavy atom. The monoisotopic (exact) mass is 469 g/mol. The minimum Gasteiger partial charge on any atom is -0.493 e. The molecule has 8 heteroatoms. The molecule has 1 aliphatic carbocycles. The highest BCUT2D eigenvalue weighted by atomic mass is 16.5. The zero-order chi connectivity index (χ0) is 24.3. The molecule has 3 atom stereocenters. The van der Waals surface area contributed by atoms with Gasteiger partial charge in [-0.25, -0.2) is 4.79 Å². The minimum absolute atomic E-state index is 0.0479. The maximum atomic E-state index is 12.8. The molecule has 0 spiro atoms. The van der Waals surface area contributed by atoms with Gasteiger partial charge in [-0.15, -0.1) is 0 Å². The van der Waals surface area contributed by atoms with Crippen molar-refractivity contribution in [3.8, 4) is 23.0 Å². The van der Waals surface area contributed by atoms with E-state index in [-0.39, 0.29) is 17.5 Å². The number of carbonyl (C=O) groups excluding carboxylic acids is 1. The number of anilines is 1. The molecule has 2 amide bonds. The number of hydrogen-bond donors (Lipinski definition) is 2. The molecule has 2 aromatic rings. The molecule has 2 aliphatic rings. The zero-order valence-electron chi connectivity index (χ0n) is 20.6. The van der Waals surface area contributed by atoms with E-state index in [9.17, 15) is 4.79 Å². The Morgan fingerprint density at radius 2 is 1.56 bits per heavy atom. The number of hydrogen-bond acceptors (Lipinski definition) is 6. The highest BCUT2D eigenvalue weighted by molar-refractivity contribution is 5.89. The van der Waals surface area contributed by atoms with Crippen molar-refractivity contribution in [3.05, 3.63) is 42.0 Å². The number of likely N-dealkylation sites (tertiary alicyclic amines) is 1. The van der Waals surface area contributed by atoms with Crippen LogP contribution in [0.3, 0.4) is 0 Å². The fourth-order valence-electron chi connectivity index (χ4n) is 5.66. The molecule has 1 heterocycles. The Kier molecular flexibility index (Phi) is 7.07. The number of urea groups is 1. The topological polar surface area (TPSA) is 81.3 Å². The Hall–Kier alpha value is -3.13. The van der Waals surface area contributed by atoms with E-state index in [4.69, 9.17) is 18.9 Å². The zero-order valence-corrected chi connectivity index (χ0v) is 20.6. The van der Waals surface area contributed by atoms with Gasteiger partial charge in [0.1, 0.15) is 0 Å². The van der Waals surface area contributed by atoms with Crippen molar-refractivity contribution < 1.29 is 23.7 Å². The second kappa shape index (κ2) is 10.0. The highest BCUT2D eigenvalue weighted by Gasteiger charge is 2.50. The molecular formula is C26H35N3O5. The van der Waals surface area contributed by atoms with Crippen LogP contribution in [0.2, 0.25) is 0 Å². The lowest BCUT2D eigenvalue weighted by molar-refractivity contribution is 0.156. The summed E-state index contributed by atoms with van der Waals surface area (Å²) in [5, 5.41) is 6.11. The molecule has 184 valence electrons. The Bertz CT molecular complexity index is 1030. The average Bonchev–Trinajstić information content (AvgIpc) is 3.20. The fourth-order valence-corrected chi connectivity index (χ4v) is 5.66. The average molecular weight is 470 g/mol. The van der Waals surface area contributed by atoms with E-state index in [0.29, 0.717) is 23.2 Å². The lowest BCUT2D eigenvalue weighted by Gasteiger charge is -2.45. The van der Waals surface area contributed by atoms with Gasteiger partial charge in [-0.1, -0.05) is 6.07 Å². The molecule has 1 aliphatic heterocycles. The van der Waals surface area contributed by atoms with Crippen molar-refractivity contribution in [3.63, 3.8) is 0 Å². The van der Waals surface area contributed by atoms with Crippen LogP contribution < -0.4 is 29.6 Å². The number of nitrogens with zero attached hydrogens (tertiary/aromatic N) is 1. The van der Waals surface area contributed by atoms with Crippen LogP contribution in [0, 0.1) is 0 Å². The molecule has 2 fully saturated rings. The van der Waals surface area contributed by atoms with Crippen molar-refractivity contribution in [2.24, 2.45) is 0 Å². The molecule has 8 nitrogen and oxygen atoms in total. The van der Waals surface area contributed by atoms with E-state index < -0.39 is 0 Å². The van der Waals surface area contributed by atoms with Crippen molar-refractivity contribution in [1.82, 2.24) is 10.2 Å². The van der Waals surface area contributed by atoms with Crippen LogP contribution in [-0.4, -0.2) is 65.0 Å². The van der Waals surface area contributed by atoms with E-state index >= 15 is 0 Å². The summed E-state index contributed by atoms with van der Waals surface area (Å²) >= 11 is 0. The van der Waals surface area contributed by atoms with Gasteiger partial charge in [0, 0.05) is 29.3 Å². The summed E-state index contributed by atoms with van der Waals surface area (Å²) in [7, 11) is 8.68. The smallest absolute Gasteiger partial charge is 0.319 e. The van der Waals surface area contributed by atoms with Gasteiger partial charge >= 0.3 is 6.03 Å². The van der Waals surface area contributed by atoms with Crippen LogP contribution in [0.25, 0.3) is 0 Å². The number of carbonyl (C=O) groups is 1. The third-order valence-corrected chi connectivity index (χ3v) is 7.46. The number of methoxy groups -OCH3 is 4. The maximum Gasteiger partial charge on any atom is 0.319 e. The molecule has 2 aromatic carbocycles. The van der Waals surface area contributed by atoms with Gasteiger partial charge in [0.25, 0.3) is 0 Å². The van der Waals surface area contributed by atoms with Crippen LogP contribution in [0.1, 0.15) is 31.2 Å². The molecule has 0 radical (unpaired) electrons. The van der Waals surface area contributed by atoms with Crippen LogP contribution >= 0.6 is 0 Å². The largest absolute Gasteiger partial charge is 0.493 e. The molecular weight excluding hydrogens is 434 g/mol. The van der Waals surface area contributed by atoms with E-state index in [1.54, 1.807) is 46.6 Å². The standard InChI is InChI=1S/C26H35N3O5/c1-29-13-12-26(17-6-8-20(31-2)22(14-17)33-4)11-10-19(16-24(26)29)28-25(30)27-18-7-9-21(32-3)23(15-18)34-5/h6-9,14-15,19,24H,10-13,16H2,1-5H3,(H2,27,28,30)/t19-,24+,26-/m0/s1. The lowest BCUT2D eigenvalue weighted by Crippen LogP contribution is -2.52. The van der Waals surface area contributed by atoms with E-state index in [1.165, 1.54) is 5.56 Å². The summed E-state index contributed by atoms with van der Waals surface area (Å²) < 4.78 is 21.6. The summed E-state index contributed by atoms with van der Waals surface area (Å²) in [6.45, 7) is 1.03. The van der Waals surface area contributed by atoms with Crippen molar-refractivity contribution >= 4 is 11.7 Å². The minimum atomic E-state index is -0.212. The second-order valence-electron chi connectivity index (χ2n) is 9.11. The molecule has 4 rings (SSSR count). The number of benzene rings is 2. The number of rotatable bonds is 7. The highest BCUT2D eigenvalue weighted by Crippen LogP contribution is 2.49. The van der Waals surface area contributed by atoms with Crippen LogP contribution in [-0.2, 0) is 5.41 Å². The van der Waals surface area contributed by atoms with Gasteiger partial charge in [-0.05, 0) is 69.1 Å². The van der Waals surface area contributed by atoms with Gasteiger partial charge in [-0.2, -0.15) is 0 Å². The maximum absolute atomic E-state index is 12.8. The predicted molar refractivity (Wildman–Crippen MR) is 132 cm³/mol. The molecule has 1 saturated carbocycles. The third kappa shape index (κ3) is 4.46. The normalized spacial score (nSPS) is 24.1. The van der Waals surface area contributed by atoms with Crippen LogP contribution in [0.5, 0.6) is 23.0 Å². The quantitative estimate of drug-likeness (QED) is 0.637. The van der Waals surface area contributed by atoms with Crippen LogP contribution in [0.4, 0.5) is 10.5 Å². The first-order valence-corrected chi connectivity index (χ1v) is 11.7. The summed E-state index contributed by atoms with van der Waals surface area (Å²) in [6, 6.07) is 11.9. The molecule has 0 aromatic heterocycles. The fraction of sp³-hybridized carbons (Fsp3) is 0.500. The first kappa shape index (κ1) is 24.0. The van der Waals surface area contributed by atoms with Gasteiger partial charge in [0.2, 0.25) is 0 Å². The third-order valence-electron chi connectivity index (χ3n) is 7.46. The number of likely N-dealkylation sites (N-methyl/N-ethyl adjacent to an activating group) is 1. The molecule has 2 N–H and O–H groups in total. The van der Waals surface area contributed by atoms with Gasteiger partial charge in [0.15, 0.2) is 23.0 Å². The summed E-state index contributed by atoms with van der Waals surface area (Å²) in [4.78, 5) is 15.2. The van der Waals surface area contributed by atoms with Crippen molar-refractivity contribution in [1.29, 1.82) is 0 Å². The first-order valence-electron chi connectivity index (χ1n) is 11.7. The van der Waals surface area contributed by atoms with Gasteiger partial charge < -0.3 is 34.5 Å². The Balaban J connectivity index is 1.46. The van der Waals surface area contributed by atoms with E-state index in [0.717, 1.165) is 43.7 Å². The molecule has 1 saturated heterocycles. The van der Waals surface area contributed by atoms with Crippen molar-refractivity contribution in [2.45, 2.75) is 43.2 Å². The van der Waals surface area contributed by atoms with Gasteiger partial charge in [-0.3, -0.25) is 0 Å². The summed E-state index contributed by atoms with van der Waals surface area (Å²) in [6.07, 6.45) is 3.90. The lowest BCUT2D eigenvalue weighted by atomic mass is 9.65. The number of amides is 2. The van der Waals surface area contributed by atoms with E-state index in [2.05, 4.69) is 34.7 Å². The molecule has 0 unspecified atom stereocenters. The van der Waals surface area contributed by atoms with Crippen molar-refractivity contribution in [2.75, 3.05) is 47.3 Å². The number of ether oxygens (including phenoxy) is 4.